The molecule has 1 rings (SSSR count). The highest BCUT2D eigenvalue weighted by Gasteiger charge is 2.34. The minimum absolute atomic E-state index is 0.273. The molecule has 1 saturated heterocycles. The van der Waals surface area contributed by atoms with Gasteiger partial charge in [-0.05, 0) is 6.42 Å². The van der Waals surface area contributed by atoms with Gasteiger partial charge in [0.15, 0.2) is 0 Å². The fourth-order valence-electron chi connectivity index (χ4n) is 2.35. The molecule has 1 unspecified atom stereocenters. The zero-order chi connectivity index (χ0) is 14.5. The number of hydrogen-bond acceptors (Lipinski definition) is 3. The van der Waals surface area contributed by atoms with Crippen molar-refractivity contribution in [1.29, 1.82) is 0 Å². The summed E-state index contributed by atoms with van der Waals surface area (Å²) < 4.78 is 36.7. The van der Waals surface area contributed by atoms with E-state index in [1.54, 1.807) is 4.90 Å². The van der Waals surface area contributed by atoms with E-state index in [2.05, 4.69) is 0 Å². The number of piperazine rings is 1. The van der Waals surface area contributed by atoms with Gasteiger partial charge in [-0.25, -0.2) is 0 Å². The van der Waals surface area contributed by atoms with Crippen LogP contribution in [0.2, 0.25) is 0 Å². The number of nitrogens with zero attached hydrogens (tertiary/aromatic N) is 2. The third-order valence-electron chi connectivity index (χ3n) is 3.37. The zero-order valence-electron chi connectivity index (χ0n) is 11.1. The number of alkyl halides is 3. The standard InChI is InChI=1S/C12H21F3N2O2/c1-2-3-4-10(11(18)19)17-7-5-16(6-8-17)9-12(13,14)15/h10H,2-9H2,1H3,(H,18,19). The van der Waals surface area contributed by atoms with E-state index in [-0.39, 0.29) is 13.1 Å². The minimum Gasteiger partial charge on any atom is -0.480 e. The number of unbranched alkanes of at least 4 members (excludes halogenated alkanes) is 1. The molecule has 0 aromatic carbocycles. The number of hydrogen-bond donors (Lipinski definition) is 1. The number of halogens is 3. The van der Waals surface area contributed by atoms with Gasteiger partial charge in [-0.2, -0.15) is 13.2 Å². The van der Waals surface area contributed by atoms with Crippen molar-refractivity contribution in [2.75, 3.05) is 32.7 Å². The Kier molecular flexibility index (Phi) is 6.06. The van der Waals surface area contributed by atoms with Gasteiger partial charge < -0.3 is 5.11 Å². The van der Waals surface area contributed by atoms with Gasteiger partial charge in [-0.3, -0.25) is 14.6 Å². The SMILES string of the molecule is CCCCC(C(=O)O)N1CCN(CC(F)(F)F)CC1. The Morgan fingerprint density at radius 2 is 1.84 bits per heavy atom. The lowest BCUT2D eigenvalue weighted by Gasteiger charge is -2.37. The molecule has 1 aliphatic heterocycles. The van der Waals surface area contributed by atoms with Gasteiger partial charge in [0.1, 0.15) is 6.04 Å². The van der Waals surface area contributed by atoms with Gasteiger partial charge in [0.05, 0.1) is 6.54 Å². The average molecular weight is 282 g/mol. The molecule has 0 radical (unpaired) electrons. The van der Waals surface area contributed by atoms with E-state index in [1.807, 2.05) is 6.92 Å². The molecule has 1 N–H and O–H groups in total. The number of rotatable bonds is 6. The number of aliphatic carboxylic acids is 1. The van der Waals surface area contributed by atoms with Crippen LogP contribution in [0, 0.1) is 0 Å². The van der Waals surface area contributed by atoms with Gasteiger partial charge in [0.25, 0.3) is 0 Å². The molecule has 0 amide bonds. The zero-order valence-corrected chi connectivity index (χ0v) is 11.1. The molecule has 7 heteroatoms. The van der Waals surface area contributed by atoms with Crippen molar-refractivity contribution in [1.82, 2.24) is 9.80 Å². The first kappa shape index (κ1) is 16.2. The summed E-state index contributed by atoms with van der Waals surface area (Å²) >= 11 is 0. The van der Waals surface area contributed by atoms with E-state index >= 15 is 0 Å². The molecule has 1 atom stereocenters. The van der Waals surface area contributed by atoms with E-state index in [9.17, 15) is 18.0 Å². The van der Waals surface area contributed by atoms with Crippen LogP contribution in [-0.2, 0) is 4.79 Å². The molecule has 0 aromatic rings. The summed E-state index contributed by atoms with van der Waals surface area (Å²) in [5.41, 5.74) is 0. The Hall–Kier alpha value is -0.820. The molecule has 0 aromatic heterocycles. The summed E-state index contributed by atoms with van der Waals surface area (Å²) in [6.07, 6.45) is -1.89. The lowest BCUT2D eigenvalue weighted by Crippen LogP contribution is -2.54. The molecule has 1 heterocycles. The molecule has 112 valence electrons. The Morgan fingerprint density at radius 1 is 1.26 bits per heavy atom. The second-order valence-corrected chi connectivity index (χ2v) is 4.92. The maximum absolute atomic E-state index is 12.2. The first-order valence-electron chi connectivity index (χ1n) is 6.59. The fourth-order valence-corrected chi connectivity index (χ4v) is 2.35. The van der Waals surface area contributed by atoms with Gasteiger partial charge in [-0.1, -0.05) is 19.8 Å². The fraction of sp³-hybridized carbons (Fsp3) is 0.917. The van der Waals surface area contributed by atoms with Gasteiger partial charge in [-0.15, -0.1) is 0 Å². The van der Waals surface area contributed by atoms with Crippen molar-refractivity contribution in [2.45, 2.75) is 38.4 Å². The van der Waals surface area contributed by atoms with Crippen LogP contribution in [0.5, 0.6) is 0 Å². The topological polar surface area (TPSA) is 43.8 Å². The summed E-state index contributed by atoms with van der Waals surface area (Å²) in [5, 5.41) is 9.17. The Balaban J connectivity index is 2.44. The quantitative estimate of drug-likeness (QED) is 0.807. The smallest absolute Gasteiger partial charge is 0.401 e. The third-order valence-corrected chi connectivity index (χ3v) is 3.37. The van der Waals surface area contributed by atoms with Crippen molar-refractivity contribution in [3.8, 4) is 0 Å². The summed E-state index contributed by atoms with van der Waals surface area (Å²) in [6.45, 7) is 2.39. The van der Waals surface area contributed by atoms with Crippen molar-refractivity contribution in [3.05, 3.63) is 0 Å². The summed E-state index contributed by atoms with van der Waals surface area (Å²) in [5.74, 6) is -0.877. The number of carboxylic acid groups (broad SMARTS) is 1. The van der Waals surface area contributed by atoms with Gasteiger partial charge in [0, 0.05) is 26.2 Å². The Labute approximate surface area is 111 Å². The monoisotopic (exact) mass is 282 g/mol. The lowest BCUT2D eigenvalue weighted by molar-refractivity contribution is -0.154. The number of carbonyl (C=O) groups is 1. The summed E-state index contributed by atoms with van der Waals surface area (Å²) in [6, 6.07) is -0.562. The first-order valence-corrected chi connectivity index (χ1v) is 6.59. The third kappa shape index (κ3) is 5.78. The highest BCUT2D eigenvalue weighted by atomic mass is 19.4. The van der Waals surface area contributed by atoms with Crippen molar-refractivity contribution in [2.24, 2.45) is 0 Å². The van der Waals surface area contributed by atoms with Crippen LogP contribution in [-0.4, -0.2) is 65.8 Å². The highest BCUT2D eigenvalue weighted by molar-refractivity contribution is 5.73. The second kappa shape index (κ2) is 7.09. The predicted octanol–water partition coefficient (Wildman–Crippen LogP) is 1.81. The van der Waals surface area contributed by atoms with Crippen LogP contribution in [0.4, 0.5) is 13.2 Å². The molecule has 0 bridgehead atoms. The van der Waals surface area contributed by atoms with Crippen LogP contribution in [0.3, 0.4) is 0 Å². The minimum atomic E-state index is -4.18. The maximum Gasteiger partial charge on any atom is 0.401 e. The van der Waals surface area contributed by atoms with Crippen LogP contribution >= 0.6 is 0 Å². The van der Waals surface area contributed by atoms with Crippen LogP contribution in [0.25, 0.3) is 0 Å². The Morgan fingerprint density at radius 3 is 2.26 bits per heavy atom. The highest BCUT2D eigenvalue weighted by Crippen LogP contribution is 2.19. The lowest BCUT2D eigenvalue weighted by atomic mass is 10.1. The van der Waals surface area contributed by atoms with Crippen LogP contribution < -0.4 is 0 Å². The van der Waals surface area contributed by atoms with E-state index in [4.69, 9.17) is 5.11 Å². The molecule has 4 nitrogen and oxygen atoms in total. The van der Waals surface area contributed by atoms with E-state index in [0.29, 0.717) is 19.5 Å². The molecule has 0 spiro atoms. The van der Waals surface area contributed by atoms with E-state index < -0.39 is 24.7 Å². The normalized spacial score (nSPS) is 20.4. The maximum atomic E-state index is 12.2. The molecule has 19 heavy (non-hydrogen) atoms. The largest absolute Gasteiger partial charge is 0.480 e. The predicted molar refractivity (Wildman–Crippen MR) is 65.0 cm³/mol. The first-order chi connectivity index (χ1) is 8.83. The van der Waals surface area contributed by atoms with Crippen LogP contribution in [0.1, 0.15) is 26.2 Å². The average Bonchev–Trinajstić information content (AvgIpc) is 2.29. The van der Waals surface area contributed by atoms with E-state index in [0.717, 1.165) is 12.8 Å². The van der Waals surface area contributed by atoms with Gasteiger partial charge >= 0.3 is 12.1 Å². The molecule has 1 fully saturated rings. The Bertz CT molecular complexity index is 289. The van der Waals surface area contributed by atoms with E-state index in [1.165, 1.54) is 4.90 Å². The van der Waals surface area contributed by atoms with Crippen molar-refractivity contribution >= 4 is 5.97 Å². The van der Waals surface area contributed by atoms with Crippen molar-refractivity contribution in [3.63, 3.8) is 0 Å². The van der Waals surface area contributed by atoms with Gasteiger partial charge in [0.2, 0.25) is 0 Å². The van der Waals surface area contributed by atoms with Crippen LogP contribution in [0.15, 0.2) is 0 Å². The van der Waals surface area contributed by atoms with Crippen molar-refractivity contribution < 1.29 is 23.1 Å². The molecular weight excluding hydrogens is 261 g/mol. The molecule has 0 saturated carbocycles. The molecular formula is C12H21F3N2O2. The molecule has 1 aliphatic rings. The number of carboxylic acids is 1. The molecule has 0 aliphatic carbocycles. The summed E-state index contributed by atoms with van der Waals surface area (Å²) in [4.78, 5) is 14.3. The second-order valence-electron chi connectivity index (χ2n) is 4.92. The summed E-state index contributed by atoms with van der Waals surface area (Å²) in [7, 11) is 0.